The molecule has 1 atom stereocenters. The first-order chi connectivity index (χ1) is 15.1. The number of fused-ring (bicyclic) bond motifs is 3. The first-order valence-electron chi connectivity index (χ1n) is 10.1. The zero-order valence-corrected chi connectivity index (χ0v) is 18.2. The van der Waals surface area contributed by atoms with Crippen molar-refractivity contribution >= 4 is 38.7 Å². The molecule has 8 heteroatoms. The number of carbonyl (C=O) groups excluding carboxylic acids is 1. The molecule has 1 N–H and O–H groups in total. The second-order valence-electron chi connectivity index (χ2n) is 7.56. The number of Topliss-reactive ketones (excluding diaryl/α,β-unsaturated/α-hetero) is 1. The van der Waals surface area contributed by atoms with Crippen LogP contribution in [0.15, 0.2) is 40.5 Å². The number of carbonyl (C=O) groups is 1. The third-order valence-corrected chi connectivity index (χ3v) is 7.54. The zero-order valence-electron chi connectivity index (χ0n) is 16.6. The van der Waals surface area contributed by atoms with Crippen molar-refractivity contribution in [3.8, 4) is 6.07 Å². The summed E-state index contributed by atoms with van der Waals surface area (Å²) >= 11 is 2.89. The molecule has 0 aliphatic heterocycles. The molecule has 3 aromatic heterocycles. The number of thiazole rings is 1. The molecule has 1 aliphatic carbocycles. The van der Waals surface area contributed by atoms with Crippen LogP contribution in [-0.4, -0.2) is 20.7 Å². The van der Waals surface area contributed by atoms with Gasteiger partial charge in [0.25, 0.3) is 5.56 Å². The minimum atomic E-state index is -1.19. The van der Waals surface area contributed by atoms with Crippen LogP contribution in [0, 0.1) is 11.3 Å². The Hall–Kier alpha value is -3.15. The average molecular weight is 447 g/mol. The van der Waals surface area contributed by atoms with Crippen molar-refractivity contribution in [2.75, 3.05) is 0 Å². The Labute approximate surface area is 186 Å². The molecule has 1 aromatic carbocycles. The molecule has 0 spiro atoms. The standard InChI is InChI=1S/C23H18N4O2S2/c24-11-15(20(28)16-12-30-18(25-16)10-13-6-2-1-3-7-13)21-26-22(29)19-14-8-4-5-9-17(14)31-23(19)27-21/h1-3,6-7,12,15H,4-5,8-10H2,(H,26,27,29). The molecule has 1 unspecified atom stereocenters. The highest BCUT2D eigenvalue weighted by Gasteiger charge is 2.28. The van der Waals surface area contributed by atoms with Crippen LogP contribution in [0.25, 0.3) is 10.2 Å². The van der Waals surface area contributed by atoms with E-state index in [9.17, 15) is 14.9 Å². The Kier molecular flexibility index (Phi) is 5.22. The van der Waals surface area contributed by atoms with E-state index in [0.29, 0.717) is 16.6 Å². The van der Waals surface area contributed by atoms with E-state index in [1.165, 1.54) is 27.6 Å². The van der Waals surface area contributed by atoms with Gasteiger partial charge >= 0.3 is 0 Å². The number of aromatic amines is 1. The lowest BCUT2D eigenvalue weighted by Crippen LogP contribution is -2.20. The van der Waals surface area contributed by atoms with E-state index in [1.807, 2.05) is 36.4 Å². The van der Waals surface area contributed by atoms with E-state index in [0.717, 1.165) is 41.8 Å². The van der Waals surface area contributed by atoms with E-state index in [2.05, 4.69) is 15.0 Å². The lowest BCUT2D eigenvalue weighted by molar-refractivity contribution is 0.0972. The molecule has 0 radical (unpaired) electrons. The van der Waals surface area contributed by atoms with Gasteiger partial charge < -0.3 is 4.98 Å². The maximum atomic E-state index is 13.0. The number of hydrogen-bond donors (Lipinski definition) is 1. The van der Waals surface area contributed by atoms with Gasteiger partial charge in [-0.25, -0.2) is 9.97 Å². The minimum absolute atomic E-state index is 0.0983. The smallest absolute Gasteiger partial charge is 0.259 e. The van der Waals surface area contributed by atoms with E-state index < -0.39 is 11.7 Å². The van der Waals surface area contributed by atoms with Gasteiger partial charge in [0.2, 0.25) is 5.78 Å². The Morgan fingerprint density at radius 2 is 2.00 bits per heavy atom. The van der Waals surface area contributed by atoms with Crippen LogP contribution in [0.5, 0.6) is 0 Å². The molecular formula is C23H18N4O2S2. The summed E-state index contributed by atoms with van der Waals surface area (Å²) in [4.78, 5) is 39.3. The molecule has 0 amide bonds. The van der Waals surface area contributed by atoms with Gasteiger partial charge in [0.15, 0.2) is 5.92 Å². The summed E-state index contributed by atoms with van der Waals surface area (Å²) in [5.41, 5.74) is 2.15. The zero-order chi connectivity index (χ0) is 21.4. The highest BCUT2D eigenvalue weighted by molar-refractivity contribution is 7.18. The molecule has 6 nitrogen and oxygen atoms in total. The van der Waals surface area contributed by atoms with Crippen LogP contribution in [0.1, 0.15) is 56.1 Å². The maximum absolute atomic E-state index is 13.0. The van der Waals surface area contributed by atoms with E-state index in [1.54, 1.807) is 5.38 Å². The fraction of sp³-hybridized carbons (Fsp3) is 0.261. The van der Waals surface area contributed by atoms with Gasteiger partial charge in [-0.2, -0.15) is 5.26 Å². The Morgan fingerprint density at radius 3 is 2.81 bits per heavy atom. The number of nitrogens with one attached hydrogen (secondary N) is 1. The summed E-state index contributed by atoms with van der Waals surface area (Å²) in [6.07, 6.45) is 4.63. The van der Waals surface area contributed by atoms with Gasteiger partial charge in [0.05, 0.1) is 16.5 Å². The van der Waals surface area contributed by atoms with E-state index in [4.69, 9.17) is 0 Å². The van der Waals surface area contributed by atoms with Crippen molar-refractivity contribution in [1.29, 1.82) is 5.26 Å². The SMILES string of the molecule is N#CC(C(=O)c1csc(Cc2ccccc2)n1)c1nc2sc3c(c2c(=O)[nH]1)CCCC3. The third kappa shape index (κ3) is 3.71. The summed E-state index contributed by atoms with van der Waals surface area (Å²) in [6.45, 7) is 0. The highest BCUT2D eigenvalue weighted by Crippen LogP contribution is 2.34. The number of aryl methyl sites for hydroxylation is 2. The van der Waals surface area contributed by atoms with Crippen molar-refractivity contribution in [2.45, 2.75) is 38.0 Å². The number of nitrogens with zero attached hydrogens (tertiary/aromatic N) is 3. The van der Waals surface area contributed by atoms with Crippen LogP contribution < -0.4 is 5.56 Å². The summed E-state index contributed by atoms with van der Waals surface area (Å²) in [5.74, 6) is -1.54. The van der Waals surface area contributed by atoms with Crippen molar-refractivity contribution in [3.05, 3.63) is 78.6 Å². The Balaban J connectivity index is 1.46. The number of nitriles is 1. The van der Waals surface area contributed by atoms with Gasteiger partial charge in [0, 0.05) is 16.7 Å². The monoisotopic (exact) mass is 446 g/mol. The molecule has 5 rings (SSSR count). The average Bonchev–Trinajstić information content (AvgIpc) is 3.39. The second-order valence-corrected chi connectivity index (χ2v) is 9.58. The molecule has 0 saturated carbocycles. The van der Waals surface area contributed by atoms with E-state index >= 15 is 0 Å². The number of thiophene rings is 1. The summed E-state index contributed by atoms with van der Waals surface area (Å²) < 4.78 is 0. The lowest BCUT2D eigenvalue weighted by Gasteiger charge is -2.09. The van der Waals surface area contributed by atoms with Gasteiger partial charge in [-0.1, -0.05) is 30.3 Å². The fourth-order valence-corrected chi connectivity index (χ4v) is 6.07. The molecule has 4 aromatic rings. The first-order valence-corrected chi connectivity index (χ1v) is 11.8. The molecule has 1 aliphatic rings. The van der Waals surface area contributed by atoms with Crippen LogP contribution in [0.3, 0.4) is 0 Å². The largest absolute Gasteiger partial charge is 0.308 e. The number of hydrogen-bond acceptors (Lipinski definition) is 7. The van der Waals surface area contributed by atoms with Gasteiger partial charge in [-0.05, 0) is 36.8 Å². The predicted molar refractivity (Wildman–Crippen MR) is 121 cm³/mol. The summed E-state index contributed by atoms with van der Waals surface area (Å²) in [5, 5.41) is 12.8. The van der Waals surface area contributed by atoms with Gasteiger partial charge in [0.1, 0.15) is 16.3 Å². The number of H-pyrrole nitrogens is 1. The molecule has 0 fully saturated rings. The lowest BCUT2D eigenvalue weighted by atomic mass is 9.97. The topological polar surface area (TPSA) is 99.5 Å². The fourth-order valence-electron chi connectivity index (χ4n) is 3.98. The maximum Gasteiger partial charge on any atom is 0.259 e. The van der Waals surface area contributed by atoms with Gasteiger partial charge in [-0.3, -0.25) is 9.59 Å². The molecule has 3 heterocycles. The second kappa shape index (κ2) is 8.17. The van der Waals surface area contributed by atoms with Crippen molar-refractivity contribution < 1.29 is 4.79 Å². The molecule has 154 valence electrons. The normalized spacial score (nSPS) is 14.2. The Bertz CT molecular complexity index is 1380. The van der Waals surface area contributed by atoms with Crippen molar-refractivity contribution in [1.82, 2.24) is 15.0 Å². The summed E-state index contributed by atoms with van der Waals surface area (Å²) in [7, 11) is 0. The van der Waals surface area contributed by atoms with Crippen LogP contribution in [0.2, 0.25) is 0 Å². The number of ketones is 1. The Morgan fingerprint density at radius 1 is 1.19 bits per heavy atom. The summed E-state index contributed by atoms with van der Waals surface area (Å²) in [6, 6.07) is 11.9. The first kappa shape index (κ1) is 19.8. The molecular weight excluding hydrogens is 428 g/mol. The van der Waals surface area contributed by atoms with Crippen LogP contribution >= 0.6 is 22.7 Å². The van der Waals surface area contributed by atoms with Crippen LogP contribution in [-0.2, 0) is 19.3 Å². The van der Waals surface area contributed by atoms with Gasteiger partial charge in [-0.15, -0.1) is 22.7 Å². The quantitative estimate of drug-likeness (QED) is 0.458. The third-order valence-electron chi connectivity index (χ3n) is 5.51. The van der Waals surface area contributed by atoms with Crippen molar-refractivity contribution in [3.63, 3.8) is 0 Å². The van der Waals surface area contributed by atoms with E-state index in [-0.39, 0.29) is 17.1 Å². The minimum Gasteiger partial charge on any atom is -0.308 e. The molecule has 0 saturated heterocycles. The molecule has 31 heavy (non-hydrogen) atoms. The predicted octanol–water partition coefficient (Wildman–Crippen LogP) is 4.40. The number of aromatic nitrogens is 3. The van der Waals surface area contributed by atoms with Crippen LogP contribution in [0.4, 0.5) is 0 Å². The number of rotatable bonds is 5. The van der Waals surface area contributed by atoms with Crippen molar-refractivity contribution in [2.24, 2.45) is 0 Å². The highest BCUT2D eigenvalue weighted by atomic mass is 32.1. The molecule has 0 bridgehead atoms. The number of benzene rings is 1.